The highest BCUT2D eigenvalue weighted by atomic mass is 32.2. The molecule has 6 nitrogen and oxygen atoms in total. The number of carbonyl (C=O) groups excluding carboxylic acids is 2. The van der Waals surface area contributed by atoms with Gasteiger partial charge in [-0.3, -0.25) is 18.9 Å². The molecule has 0 aliphatic rings. The average Bonchev–Trinajstić information content (AvgIpc) is 2.66. The first-order valence-electron chi connectivity index (χ1n) is 8.39. The number of rotatable bonds is 9. The van der Waals surface area contributed by atoms with E-state index in [1.165, 1.54) is 6.92 Å². The van der Waals surface area contributed by atoms with E-state index >= 15 is 0 Å². The molecule has 1 atom stereocenters. The topological polar surface area (TPSA) is 70.6 Å². The van der Waals surface area contributed by atoms with Crippen LogP contribution in [0.4, 0.5) is 5.69 Å². The highest BCUT2D eigenvalue weighted by Crippen LogP contribution is 2.22. The Bertz CT molecular complexity index is 813. The molecule has 0 aliphatic carbocycles. The Morgan fingerprint density at radius 2 is 1.81 bits per heavy atom. The molecular weight excluding hydrogens is 382 g/mol. The molecule has 0 aliphatic heterocycles. The first kappa shape index (κ1) is 21.3. The van der Waals surface area contributed by atoms with Crippen LogP contribution >= 0.6 is 11.8 Å². The number of likely N-dealkylation sites (N-methyl/N-ethyl adjacent to an activating group) is 1. The molecule has 1 aromatic carbocycles. The van der Waals surface area contributed by atoms with Crippen molar-refractivity contribution in [3.8, 4) is 0 Å². The Hall–Kier alpha value is -2.03. The van der Waals surface area contributed by atoms with Gasteiger partial charge < -0.3 is 4.90 Å². The summed E-state index contributed by atoms with van der Waals surface area (Å²) in [5.41, 5.74) is 1.20. The predicted octanol–water partition coefficient (Wildman–Crippen LogP) is 2.63. The predicted molar refractivity (Wildman–Crippen MR) is 110 cm³/mol. The molecule has 0 radical (unpaired) electrons. The fourth-order valence-electron chi connectivity index (χ4n) is 2.27. The van der Waals surface area contributed by atoms with Crippen LogP contribution in [-0.2, 0) is 15.8 Å². The summed E-state index contributed by atoms with van der Waals surface area (Å²) in [6.45, 7) is 2.67. The number of benzene rings is 1. The minimum absolute atomic E-state index is 0.0918. The van der Waals surface area contributed by atoms with Gasteiger partial charge in [0.25, 0.3) is 0 Å². The summed E-state index contributed by atoms with van der Waals surface area (Å²) in [6, 6.07) is 10.5. The maximum absolute atomic E-state index is 13.1. The lowest BCUT2D eigenvalue weighted by Crippen LogP contribution is -2.33. The summed E-state index contributed by atoms with van der Waals surface area (Å²) in [5, 5.41) is -0.0918. The molecule has 1 unspecified atom stereocenters. The van der Waals surface area contributed by atoms with Crippen molar-refractivity contribution < 1.29 is 13.8 Å². The van der Waals surface area contributed by atoms with Crippen molar-refractivity contribution in [1.29, 1.82) is 0 Å². The molecule has 144 valence electrons. The molecule has 1 heterocycles. The first-order valence-corrected chi connectivity index (χ1v) is 10.5. The third kappa shape index (κ3) is 6.57. The van der Waals surface area contributed by atoms with E-state index in [-0.39, 0.29) is 16.7 Å². The number of anilines is 1. The Morgan fingerprint density at radius 3 is 2.44 bits per heavy atom. The molecule has 2 aromatic rings. The van der Waals surface area contributed by atoms with Gasteiger partial charge in [0.15, 0.2) is 21.9 Å². The number of pyridine rings is 1. The van der Waals surface area contributed by atoms with Gasteiger partial charge in [-0.15, -0.1) is 0 Å². The van der Waals surface area contributed by atoms with E-state index in [4.69, 9.17) is 0 Å². The molecule has 0 spiro atoms. The molecule has 0 fully saturated rings. The maximum Gasteiger partial charge on any atom is 0.186 e. The number of hydrogen-bond donors (Lipinski definition) is 0. The second kappa shape index (κ2) is 10.3. The van der Waals surface area contributed by atoms with E-state index in [0.29, 0.717) is 29.2 Å². The molecule has 0 amide bonds. The smallest absolute Gasteiger partial charge is 0.186 e. The molecular formula is C19H23N3O3S2. The minimum atomic E-state index is -1.43. The van der Waals surface area contributed by atoms with E-state index in [0.717, 1.165) is 11.8 Å². The molecule has 2 rings (SSSR count). The van der Waals surface area contributed by atoms with Gasteiger partial charge in [0.1, 0.15) is 0 Å². The van der Waals surface area contributed by atoms with Crippen molar-refractivity contribution in [3.63, 3.8) is 0 Å². The van der Waals surface area contributed by atoms with Gasteiger partial charge >= 0.3 is 0 Å². The lowest BCUT2D eigenvalue weighted by Gasteiger charge is -2.25. The zero-order chi connectivity index (χ0) is 19.8. The van der Waals surface area contributed by atoms with E-state index < -0.39 is 11.0 Å². The standard InChI is InChI=1S/C19H23N3O3S2/c1-15(23)26-14-19(24)16-5-4-6-17(13-16)22(12-11-21(2)3)27(25)18-7-9-20-10-8-18/h4-10,13H,11-12,14H2,1-3H3. The third-order valence-electron chi connectivity index (χ3n) is 3.66. The van der Waals surface area contributed by atoms with Gasteiger partial charge in [-0.25, -0.2) is 4.21 Å². The highest BCUT2D eigenvalue weighted by molar-refractivity contribution is 8.14. The number of Topliss-reactive ketones (excluding diaryl/α,β-unsaturated/α-hetero) is 1. The molecule has 8 heteroatoms. The number of carbonyl (C=O) groups is 2. The van der Waals surface area contributed by atoms with Crippen LogP contribution in [0.5, 0.6) is 0 Å². The van der Waals surface area contributed by atoms with E-state index in [1.54, 1.807) is 47.0 Å². The van der Waals surface area contributed by atoms with Crippen molar-refractivity contribution in [3.05, 3.63) is 54.4 Å². The van der Waals surface area contributed by atoms with Crippen molar-refractivity contribution in [2.24, 2.45) is 0 Å². The quantitative estimate of drug-likeness (QED) is 0.598. The van der Waals surface area contributed by atoms with Crippen molar-refractivity contribution in [2.75, 3.05) is 37.2 Å². The summed E-state index contributed by atoms with van der Waals surface area (Å²) < 4.78 is 14.9. The Morgan fingerprint density at radius 1 is 1.11 bits per heavy atom. The Balaban J connectivity index is 2.29. The Labute approximate surface area is 166 Å². The van der Waals surface area contributed by atoms with E-state index in [1.807, 2.05) is 25.1 Å². The molecule has 0 N–H and O–H groups in total. The summed E-state index contributed by atoms with van der Waals surface area (Å²) in [7, 11) is 2.48. The van der Waals surface area contributed by atoms with Crippen molar-refractivity contribution in [2.45, 2.75) is 11.8 Å². The van der Waals surface area contributed by atoms with E-state index in [2.05, 4.69) is 4.98 Å². The third-order valence-corrected chi connectivity index (χ3v) is 5.95. The number of hydrogen-bond acceptors (Lipinski definition) is 6. The van der Waals surface area contributed by atoms with E-state index in [9.17, 15) is 13.8 Å². The van der Waals surface area contributed by atoms with Gasteiger partial charge in [0, 0.05) is 38.0 Å². The van der Waals surface area contributed by atoms with Gasteiger partial charge in [-0.05, 0) is 38.4 Å². The lowest BCUT2D eigenvalue weighted by atomic mass is 10.1. The van der Waals surface area contributed by atoms with Crippen LogP contribution in [0, 0.1) is 0 Å². The highest BCUT2D eigenvalue weighted by Gasteiger charge is 2.18. The summed E-state index contributed by atoms with van der Waals surface area (Å²) >= 11 is 0.990. The Kier molecular flexibility index (Phi) is 8.15. The van der Waals surface area contributed by atoms with Crippen molar-refractivity contribution >= 4 is 39.3 Å². The zero-order valence-corrected chi connectivity index (χ0v) is 17.3. The molecule has 0 saturated carbocycles. The zero-order valence-electron chi connectivity index (χ0n) is 15.6. The van der Waals surface area contributed by atoms with Crippen LogP contribution < -0.4 is 4.31 Å². The molecule has 27 heavy (non-hydrogen) atoms. The number of nitrogens with zero attached hydrogens (tertiary/aromatic N) is 3. The molecule has 0 saturated heterocycles. The fraction of sp³-hybridized carbons (Fsp3) is 0.316. The molecule has 0 bridgehead atoms. The van der Waals surface area contributed by atoms with Gasteiger partial charge in [0.2, 0.25) is 0 Å². The van der Waals surface area contributed by atoms with Crippen LogP contribution in [0.25, 0.3) is 0 Å². The summed E-state index contributed by atoms with van der Waals surface area (Å²) in [5.74, 6) is -0.0245. The summed E-state index contributed by atoms with van der Waals surface area (Å²) in [6.07, 6.45) is 3.21. The number of ketones is 1. The monoisotopic (exact) mass is 405 g/mol. The fourth-order valence-corrected chi connectivity index (χ4v) is 3.93. The van der Waals surface area contributed by atoms with Crippen molar-refractivity contribution in [1.82, 2.24) is 9.88 Å². The maximum atomic E-state index is 13.1. The second-order valence-corrected chi connectivity index (χ2v) is 8.65. The summed E-state index contributed by atoms with van der Waals surface area (Å²) in [4.78, 5) is 30.1. The second-order valence-electron chi connectivity index (χ2n) is 6.09. The van der Waals surface area contributed by atoms with Gasteiger partial charge in [0.05, 0.1) is 16.3 Å². The van der Waals surface area contributed by atoms with Crippen LogP contribution in [-0.4, -0.2) is 57.9 Å². The number of thioether (sulfide) groups is 1. The molecule has 1 aromatic heterocycles. The largest absolute Gasteiger partial charge is 0.308 e. The number of aromatic nitrogens is 1. The average molecular weight is 406 g/mol. The minimum Gasteiger partial charge on any atom is -0.308 e. The van der Waals surface area contributed by atoms with Crippen LogP contribution in [0.1, 0.15) is 17.3 Å². The SMILES string of the molecule is CC(=O)SCC(=O)c1cccc(N(CCN(C)C)S(=O)c2ccncc2)c1. The first-order chi connectivity index (χ1) is 12.9. The van der Waals surface area contributed by atoms with Crippen LogP contribution in [0.15, 0.2) is 53.7 Å². The van der Waals surface area contributed by atoms with Crippen LogP contribution in [0.2, 0.25) is 0 Å². The van der Waals surface area contributed by atoms with Gasteiger partial charge in [-0.1, -0.05) is 23.9 Å². The normalized spacial score (nSPS) is 12.0. The lowest BCUT2D eigenvalue weighted by molar-refractivity contribution is -0.109. The van der Waals surface area contributed by atoms with Crippen LogP contribution in [0.3, 0.4) is 0 Å². The van der Waals surface area contributed by atoms with Gasteiger partial charge in [-0.2, -0.15) is 0 Å².